The molecular weight excluding hydrogens is 277 g/mol. The molecule has 0 atom stereocenters. The third kappa shape index (κ3) is 2.44. The number of allylic oxidation sites excluding steroid dienone is 1. The van der Waals surface area contributed by atoms with E-state index in [2.05, 4.69) is 11.4 Å². The largest absolute Gasteiger partial charge is 0.316 e. The second-order valence-corrected chi connectivity index (χ2v) is 6.46. The molecule has 3 aliphatic carbocycles. The predicted octanol–water partition coefficient (Wildman–Crippen LogP) is 4.79. The summed E-state index contributed by atoms with van der Waals surface area (Å²) in [4.78, 5) is 0. The number of fused-ring (bicyclic) bond motifs is 2. The third-order valence-electron chi connectivity index (χ3n) is 4.57. The van der Waals surface area contributed by atoms with Gasteiger partial charge in [-0.05, 0) is 73.4 Å². The molecule has 2 bridgehead atoms. The molecule has 1 aromatic carbocycles. The molecule has 3 aliphatic rings. The van der Waals surface area contributed by atoms with Crippen LogP contribution < -0.4 is 5.32 Å². The van der Waals surface area contributed by atoms with Crippen molar-refractivity contribution < 1.29 is 0 Å². The Morgan fingerprint density at radius 2 is 1.74 bits per heavy atom. The lowest BCUT2D eigenvalue weighted by molar-refractivity contribution is 0.319. The number of hydrogen-bond acceptors (Lipinski definition) is 1. The van der Waals surface area contributed by atoms with Crippen LogP contribution in [-0.4, -0.2) is 13.6 Å². The minimum Gasteiger partial charge on any atom is -0.316 e. The molecule has 3 heteroatoms. The zero-order valence-corrected chi connectivity index (χ0v) is 12.7. The van der Waals surface area contributed by atoms with Gasteiger partial charge in [0.2, 0.25) is 0 Å². The molecule has 0 radical (unpaired) electrons. The van der Waals surface area contributed by atoms with E-state index in [9.17, 15) is 0 Å². The zero-order chi connectivity index (χ0) is 13.4. The molecule has 4 rings (SSSR count). The van der Waals surface area contributed by atoms with Gasteiger partial charge in [-0.15, -0.1) is 0 Å². The number of rotatable bonds is 3. The van der Waals surface area contributed by atoms with E-state index in [1.165, 1.54) is 36.8 Å². The zero-order valence-electron chi connectivity index (χ0n) is 11.2. The highest BCUT2D eigenvalue weighted by Gasteiger charge is 2.35. The Morgan fingerprint density at radius 3 is 2.37 bits per heavy atom. The molecule has 0 aromatic heterocycles. The van der Waals surface area contributed by atoms with Gasteiger partial charge in [-0.25, -0.2) is 0 Å². The van der Waals surface area contributed by atoms with Crippen molar-refractivity contribution in [3.05, 3.63) is 39.4 Å². The summed E-state index contributed by atoms with van der Waals surface area (Å²) in [6, 6.07) is 6.08. The highest BCUT2D eigenvalue weighted by molar-refractivity contribution is 6.42. The third-order valence-corrected chi connectivity index (χ3v) is 5.31. The van der Waals surface area contributed by atoms with Gasteiger partial charge in [0.15, 0.2) is 0 Å². The monoisotopic (exact) mass is 295 g/mol. The van der Waals surface area contributed by atoms with Gasteiger partial charge in [0.05, 0.1) is 10.0 Å². The second kappa shape index (κ2) is 5.47. The Labute approximate surface area is 125 Å². The topological polar surface area (TPSA) is 12.0 Å². The average Bonchev–Trinajstić information content (AvgIpc) is 2.44. The van der Waals surface area contributed by atoms with Crippen LogP contribution >= 0.6 is 23.2 Å². The summed E-state index contributed by atoms with van der Waals surface area (Å²) in [6.45, 7) is 0.997. The van der Waals surface area contributed by atoms with E-state index >= 15 is 0 Å². The maximum Gasteiger partial charge on any atom is 0.0598 e. The first-order valence-corrected chi connectivity index (χ1v) is 7.79. The fourth-order valence-corrected chi connectivity index (χ4v) is 4.03. The van der Waals surface area contributed by atoms with Crippen LogP contribution in [0.4, 0.5) is 0 Å². The predicted molar refractivity (Wildman–Crippen MR) is 82.8 cm³/mol. The number of nitrogens with one attached hydrogen (secondary N) is 1. The smallest absolute Gasteiger partial charge is 0.0598 e. The molecule has 1 aromatic rings. The second-order valence-electron chi connectivity index (χ2n) is 5.65. The van der Waals surface area contributed by atoms with Crippen molar-refractivity contribution in [2.75, 3.05) is 13.6 Å². The lowest BCUT2D eigenvalue weighted by Gasteiger charge is -2.41. The average molecular weight is 296 g/mol. The van der Waals surface area contributed by atoms with Gasteiger partial charge in [-0.1, -0.05) is 29.3 Å². The number of hydrogen-bond donors (Lipinski definition) is 1. The fourth-order valence-electron chi connectivity index (χ4n) is 3.73. The Kier molecular flexibility index (Phi) is 3.88. The molecule has 102 valence electrons. The quantitative estimate of drug-likeness (QED) is 0.846. The molecular formula is C16H19Cl2N. The summed E-state index contributed by atoms with van der Waals surface area (Å²) >= 11 is 12.2. The first-order valence-electron chi connectivity index (χ1n) is 7.03. The Balaban J connectivity index is 2.08. The number of halogens is 2. The molecule has 1 nitrogen and oxygen atoms in total. The van der Waals surface area contributed by atoms with Crippen LogP contribution in [0.2, 0.25) is 10.0 Å². The van der Waals surface area contributed by atoms with Crippen molar-refractivity contribution >= 4 is 28.8 Å². The van der Waals surface area contributed by atoms with Crippen LogP contribution in [0.15, 0.2) is 23.8 Å². The molecule has 1 fully saturated rings. The molecule has 1 N–H and O–H groups in total. The molecule has 0 spiro atoms. The summed E-state index contributed by atoms with van der Waals surface area (Å²) in [5.74, 6) is 1.48. The SMILES string of the molecule is CNCC1=C(c2ccc(Cl)c(Cl)c2)C2CCC1CC2. The lowest BCUT2D eigenvalue weighted by atomic mass is 9.65. The van der Waals surface area contributed by atoms with Crippen molar-refractivity contribution in [1.29, 1.82) is 0 Å². The van der Waals surface area contributed by atoms with Gasteiger partial charge in [0, 0.05) is 6.54 Å². The minimum absolute atomic E-state index is 0.641. The summed E-state index contributed by atoms with van der Waals surface area (Å²) in [6.07, 6.45) is 5.36. The molecule has 0 amide bonds. The normalized spacial score (nSPS) is 26.1. The van der Waals surface area contributed by atoms with E-state index in [0.717, 1.165) is 12.5 Å². The maximum atomic E-state index is 6.19. The van der Waals surface area contributed by atoms with Crippen molar-refractivity contribution in [1.82, 2.24) is 5.32 Å². The molecule has 1 saturated carbocycles. The molecule has 0 unspecified atom stereocenters. The number of benzene rings is 1. The van der Waals surface area contributed by atoms with Crippen molar-refractivity contribution in [2.24, 2.45) is 11.8 Å². The summed E-state index contributed by atoms with van der Waals surface area (Å²) < 4.78 is 0. The van der Waals surface area contributed by atoms with Crippen LogP contribution in [0.1, 0.15) is 31.2 Å². The number of likely N-dealkylation sites (N-methyl/N-ethyl adjacent to an activating group) is 1. The Hall–Kier alpha value is -0.500. The fraction of sp³-hybridized carbons (Fsp3) is 0.500. The van der Waals surface area contributed by atoms with E-state index in [1.807, 2.05) is 19.2 Å². The van der Waals surface area contributed by atoms with Crippen molar-refractivity contribution in [3.63, 3.8) is 0 Å². The Morgan fingerprint density at radius 1 is 1.05 bits per heavy atom. The highest BCUT2D eigenvalue weighted by atomic mass is 35.5. The maximum absolute atomic E-state index is 6.19. The summed E-state index contributed by atoms with van der Waals surface area (Å²) in [5, 5.41) is 4.64. The molecule has 0 heterocycles. The highest BCUT2D eigenvalue weighted by Crippen LogP contribution is 2.49. The van der Waals surface area contributed by atoms with Gasteiger partial charge in [0.25, 0.3) is 0 Å². The first-order chi connectivity index (χ1) is 9.20. The summed E-state index contributed by atoms with van der Waals surface area (Å²) in [5.41, 5.74) is 4.41. The first kappa shape index (κ1) is 13.5. The van der Waals surface area contributed by atoms with Gasteiger partial charge in [-0.2, -0.15) is 0 Å². The van der Waals surface area contributed by atoms with Crippen molar-refractivity contribution in [2.45, 2.75) is 25.7 Å². The van der Waals surface area contributed by atoms with Crippen LogP contribution in [0, 0.1) is 11.8 Å². The molecule has 19 heavy (non-hydrogen) atoms. The van der Waals surface area contributed by atoms with Crippen LogP contribution in [-0.2, 0) is 0 Å². The Bertz CT molecular complexity index is 513. The van der Waals surface area contributed by atoms with E-state index in [-0.39, 0.29) is 0 Å². The van der Waals surface area contributed by atoms with Gasteiger partial charge < -0.3 is 5.32 Å². The standard InChI is InChI=1S/C16H19Cl2N/c1-19-9-13-10-2-4-11(5-3-10)16(13)12-6-7-14(17)15(18)8-12/h6-8,10-11,19H,2-5,9H2,1H3. The van der Waals surface area contributed by atoms with Crippen LogP contribution in [0.5, 0.6) is 0 Å². The summed E-state index contributed by atoms with van der Waals surface area (Å²) in [7, 11) is 2.03. The molecule has 0 aliphatic heterocycles. The van der Waals surface area contributed by atoms with Gasteiger partial charge in [0.1, 0.15) is 0 Å². The minimum atomic E-state index is 0.641. The van der Waals surface area contributed by atoms with Crippen LogP contribution in [0.3, 0.4) is 0 Å². The van der Waals surface area contributed by atoms with Gasteiger partial charge in [-0.3, -0.25) is 0 Å². The van der Waals surface area contributed by atoms with Crippen molar-refractivity contribution in [3.8, 4) is 0 Å². The van der Waals surface area contributed by atoms with Crippen LogP contribution in [0.25, 0.3) is 5.57 Å². The van der Waals surface area contributed by atoms with E-state index in [0.29, 0.717) is 16.0 Å². The molecule has 0 saturated heterocycles. The lowest BCUT2D eigenvalue weighted by Crippen LogP contribution is -2.30. The van der Waals surface area contributed by atoms with Gasteiger partial charge >= 0.3 is 0 Å². The van der Waals surface area contributed by atoms with E-state index in [1.54, 1.807) is 5.57 Å². The van der Waals surface area contributed by atoms with E-state index in [4.69, 9.17) is 23.2 Å². The van der Waals surface area contributed by atoms with E-state index < -0.39 is 0 Å².